The maximum absolute atomic E-state index is 13.1. The Morgan fingerprint density at radius 3 is 2.45 bits per heavy atom. The van der Waals surface area contributed by atoms with Crippen LogP contribution in [0.4, 0.5) is 18.9 Å². The summed E-state index contributed by atoms with van der Waals surface area (Å²) in [6, 6.07) is 15.7. The summed E-state index contributed by atoms with van der Waals surface area (Å²) >= 11 is 0. The van der Waals surface area contributed by atoms with Crippen LogP contribution >= 0.6 is 0 Å². The van der Waals surface area contributed by atoms with Crippen molar-refractivity contribution in [3.05, 3.63) is 83.4 Å². The first-order valence-electron chi connectivity index (χ1n) is 11.2. The van der Waals surface area contributed by atoms with Crippen molar-refractivity contribution in [2.24, 2.45) is 0 Å². The van der Waals surface area contributed by atoms with Gasteiger partial charge < -0.3 is 14.4 Å². The topological polar surface area (TPSA) is 41.4 Å². The lowest BCUT2D eigenvalue weighted by Gasteiger charge is -2.36. The smallest absolute Gasteiger partial charge is 0.368 e. The zero-order valence-electron chi connectivity index (χ0n) is 18.1. The van der Waals surface area contributed by atoms with Gasteiger partial charge in [-0.25, -0.2) is 4.98 Å². The Morgan fingerprint density at radius 1 is 0.970 bits per heavy atom. The van der Waals surface area contributed by atoms with E-state index in [0.717, 1.165) is 31.3 Å². The van der Waals surface area contributed by atoms with Gasteiger partial charge in [0.15, 0.2) is 0 Å². The molecular weight excluding hydrogens is 429 g/mol. The van der Waals surface area contributed by atoms with Crippen molar-refractivity contribution in [3.8, 4) is 0 Å². The van der Waals surface area contributed by atoms with E-state index in [2.05, 4.69) is 21.7 Å². The maximum atomic E-state index is 13.1. The zero-order valence-corrected chi connectivity index (χ0v) is 18.1. The minimum atomic E-state index is -4.37. The van der Waals surface area contributed by atoms with Crippen molar-refractivity contribution in [3.63, 3.8) is 0 Å². The molecular formula is C25H25F3N4O. The van der Waals surface area contributed by atoms with Crippen LogP contribution in [0.15, 0.2) is 60.8 Å². The highest BCUT2D eigenvalue weighted by atomic mass is 19.4. The van der Waals surface area contributed by atoms with Gasteiger partial charge in [-0.1, -0.05) is 36.4 Å². The molecule has 8 heteroatoms. The molecule has 1 unspecified atom stereocenters. The highest BCUT2D eigenvalue weighted by molar-refractivity contribution is 5.92. The van der Waals surface area contributed by atoms with Gasteiger partial charge in [0.05, 0.1) is 5.56 Å². The van der Waals surface area contributed by atoms with Gasteiger partial charge in [0.25, 0.3) is 5.91 Å². The summed E-state index contributed by atoms with van der Waals surface area (Å²) in [5, 5.41) is 0. The Balaban J connectivity index is 1.23. The van der Waals surface area contributed by atoms with Gasteiger partial charge in [-0.05, 0) is 30.2 Å². The number of rotatable bonds is 3. The van der Waals surface area contributed by atoms with Crippen LogP contribution in [0.1, 0.15) is 39.8 Å². The summed E-state index contributed by atoms with van der Waals surface area (Å²) in [6.45, 7) is 2.67. The molecule has 0 bridgehead atoms. The predicted octanol–water partition coefficient (Wildman–Crippen LogP) is 4.59. The van der Waals surface area contributed by atoms with E-state index >= 15 is 0 Å². The second kappa shape index (κ2) is 8.57. The highest BCUT2D eigenvalue weighted by Crippen LogP contribution is 2.32. The predicted molar refractivity (Wildman–Crippen MR) is 119 cm³/mol. The fraction of sp³-hybridized carbons (Fsp3) is 0.360. The Bertz CT molecular complexity index is 1130. The molecule has 5 rings (SSSR count). The SMILES string of the molecule is O=C(c1cn2c(n1)CCC(c1ccccc1)C2)N1CCN(c2cccc(C(F)(F)F)c2)CC1. The number of alkyl halides is 3. The van der Waals surface area contributed by atoms with E-state index in [0.29, 0.717) is 43.5 Å². The summed E-state index contributed by atoms with van der Waals surface area (Å²) in [5.41, 5.74) is 1.62. The molecule has 0 saturated carbocycles. The van der Waals surface area contributed by atoms with Crippen molar-refractivity contribution in [2.45, 2.75) is 31.5 Å². The molecule has 0 spiro atoms. The number of amides is 1. The third kappa shape index (κ3) is 4.47. The third-order valence-corrected chi connectivity index (χ3v) is 6.59. The van der Waals surface area contributed by atoms with E-state index < -0.39 is 11.7 Å². The number of aryl methyl sites for hydroxylation is 1. The van der Waals surface area contributed by atoms with Gasteiger partial charge in [-0.2, -0.15) is 13.2 Å². The van der Waals surface area contributed by atoms with Crippen molar-refractivity contribution >= 4 is 11.6 Å². The number of aromatic nitrogens is 2. The molecule has 3 heterocycles. The average Bonchev–Trinajstić information content (AvgIpc) is 3.27. The Kier molecular flexibility index (Phi) is 5.60. The number of carbonyl (C=O) groups excluding carboxylic acids is 1. The highest BCUT2D eigenvalue weighted by Gasteiger charge is 2.32. The monoisotopic (exact) mass is 454 g/mol. The fourth-order valence-corrected chi connectivity index (χ4v) is 4.75. The Hall–Kier alpha value is -3.29. The first kappa shape index (κ1) is 21.6. The van der Waals surface area contributed by atoms with E-state index in [1.807, 2.05) is 29.3 Å². The van der Waals surface area contributed by atoms with Crippen LogP contribution in [0, 0.1) is 0 Å². The van der Waals surface area contributed by atoms with Crippen LogP contribution in [0.5, 0.6) is 0 Å². The maximum Gasteiger partial charge on any atom is 0.416 e. The fourth-order valence-electron chi connectivity index (χ4n) is 4.75. The average molecular weight is 454 g/mol. The van der Waals surface area contributed by atoms with Gasteiger partial charge in [0.1, 0.15) is 11.5 Å². The van der Waals surface area contributed by atoms with Crippen molar-refractivity contribution in [2.75, 3.05) is 31.1 Å². The number of piperazine rings is 1. The molecule has 1 amide bonds. The molecule has 1 aromatic heterocycles. The van der Waals surface area contributed by atoms with Gasteiger partial charge in [0, 0.05) is 56.9 Å². The van der Waals surface area contributed by atoms with Gasteiger partial charge >= 0.3 is 6.18 Å². The Morgan fingerprint density at radius 2 is 1.73 bits per heavy atom. The van der Waals surface area contributed by atoms with Crippen molar-refractivity contribution in [1.29, 1.82) is 0 Å². The lowest BCUT2D eigenvalue weighted by Crippen LogP contribution is -2.49. The molecule has 0 aliphatic carbocycles. The molecule has 0 N–H and O–H groups in total. The zero-order chi connectivity index (χ0) is 23.0. The number of imidazole rings is 1. The first-order chi connectivity index (χ1) is 15.9. The number of carbonyl (C=O) groups is 1. The van der Waals surface area contributed by atoms with Crippen molar-refractivity contribution in [1.82, 2.24) is 14.5 Å². The minimum Gasteiger partial charge on any atom is -0.368 e. The summed E-state index contributed by atoms with van der Waals surface area (Å²) < 4.78 is 41.2. The lowest BCUT2D eigenvalue weighted by atomic mass is 9.92. The number of hydrogen-bond acceptors (Lipinski definition) is 3. The van der Waals surface area contributed by atoms with E-state index in [-0.39, 0.29) is 5.91 Å². The molecule has 5 nitrogen and oxygen atoms in total. The Labute approximate surface area is 190 Å². The minimum absolute atomic E-state index is 0.114. The van der Waals surface area contributed by atoms with E-state index in [4.69, 9.17) is 0 Å². The molecule has 33 heavy (non-hydrogen) atoms. The van der Waals surface area contributed by atoms with Gasteiger partial charge in [-0.15, -0.1) is 0 Å². The number of fused-ring (bicyclic) bond motifs is 1. The van der Waals surface area contributed by atoms with Crippen LogP contribution in [0.2, 0.25) is 0 Å². The summed E-state index contributed by atoms with van der Waals surface area (Å²) in [5.74, 6) is 1.23. The number of anilines is 1. The second-order valence-corrected chi connectivity index (χ2v) is 8.67. The van der Waals surface area contributed by atoms with Crippen LogP contribution < -0.4 is 4.90 Å². The van der Waals surface area contributed by atoms with Crippen LogP contribution in [0.25, 0.3) is 0 Å². The molecule has 1 fully saturated rings. The van der Waals surface area contributed by atoms with Crippen LogP contribution in [-0.2, 0) is 19.1 Å². The standard InChI is InChI=1S/C25H25F3N4O/c26-25(27,28)20-7-4-8-21(15-20)30-11-13-31(14-12-30)24(33)22-17-32-16-19(9-10-23(32)29-22)18-5-2-1-3-6-18/h1-8,15,17,19H,9-14,16H2. The molecule has 1 saturated heterocycles. The first-order valence-corrected chi connectivity index (χ1v) is 11.2. The molecule has 2 aliphatic heterocycles. The molecule has 2 aromatic carbocycles. The van der Waals surface area contributed by atoms with Crippen LogP contribution in [-0.4, -0.2) is 46.5 Å². The number of halogens is 3. The third-order valence-electron chi connectivity index (χ3n) is 6.59. The molecule has 1 atom stereocenters. The largest absolute Gasteiger partial charge is 0.416 e. The van der Waals surface area contributed by atoms with E-state index in [9.17, 15) is 18.0 Å². The molecule has 0 radical (unpaired) electrons. The number of nitrogens with zero attached hydrogens (tertiary/aromatic N) is 4. The molecule has 3 aromatic rings. The van der Waals surface area contributed by atoms with Crippen LogP contribution in [0.3, 0.4) is 0 Å². The lowest BCUT2D eigenvalue weighted by molar-refractivity contribution is -0.137. The quantitative estimate of drug-likeness (QED) is 0.581. The van der Waals surface area contributed by atoms with E-state index in [1.165, 1.54) is 17.7 Å². The van der Waals surface area contributed by atoms with Gasteiger partial charge in [0.2, 0.25) is 0 Å². The second-order valence-electron chi connectivity index (χ2n) is 8.67. The number of hydrogen-bond donors (Lipinski definition) is 0. The summed E-state index contributed by atoms with van der Waals surface area (Å²) in [4.78, 5) is 21.3. The normalized spacial score (nSPS) is 18.8. The van der Waals surface area contributed by atoms with E-state index in [1.54, 1.807) is 11.0 Å². The molecule has 172 valence electrons. The summed E-state index contributed by atoms with van der Waals surface area (Å²) in [7, 11) is 0. The number of benzene rings is 2. The molecule has 2 aliphatic rings. The van der Waals surface area contributed by atoms with Gasteiger partial charge in [-0.3, -0.25) is 4.79 Å². The van der Waals surface area contributed by atoms with Crippen molar-refractivity contribution < 1.29 is 18.0 Å². The summed E-state index contributed by atoms with van der Waals surface area (Å²) in [6.07, 6.45) is -0.681.